The number of hydrogen-bond acceptors (Lipinski definition) is 5. The lowest BCUT2D eigenvalue weighted by atomic mass is 10.2. The van der Waals surface area contributed by atoms with Crippen molar-refractivity contribution >= 4 is 46.6 Å². The highest BCUT2D eigenvalue weighted by Gasteiger charge is 2.17. The predicted octanol–water partition coefficient (Wildman–Crippen LogP) is 5.37. The number of benzene rings is 2. The highest BCUT2D eigenvalue weighted by atomic mass is 35.5. The summed E-state index contributed by atoms with van der Waals surface area (Å²) in [7, 11) is 0. The number of aromatic nitrogens is 4. The summed E-state index contributed by atoms with van der Waals surface area (Å²) in [4.78, 5) is 16.5. The Morgan fingerprint density at radius 2 is 1.70 bits per heavy atom. The van der Waals surface area contributed by atoms with E-state index in [1.165, 1.54) is 11.8 Å². The minimum Gasteiger partial charge on any atom is -0.325 e. The van der Waals surface area contributed by atoms with Crippen LogP contribution < -0.4 is 5.32 Å². The van der Waals surface area contributed by atoms with Gasteiger partial charge in [-0.25, -0.2) is 0 Å². The van der Waals surface area contributed by atoms with Gasteiger partial charge in [-0.15, -0.1) is 10.2 Å². The number of thioether (sulfide) groups is 1. The zero-order valence-corrected chi connectivity index (χ0v) is 17.8. The minimum absolute atomic E-state index is 0.154. The molecule has 4 aromatic rings. The Labute approximate surface area is 187 Å². The number of nitrogens with zero attached hydrogens (tertiary/aromatic N) is 4. The van der Waals surface area contributed by atoms with Gasteiger partial charge < -0.3 is 5.32 Å². The second-order valence-corrected chi connectivity index (χ2v) is 8.02. The lowest BCUT2D eigenvalue weighted by Gasteiger charge is -2.11. The predicted molar refractivity (Wildman–Crippen MR) is 120 cm³/mol. The summed E-state index contributed by atoms with van der Waals surface area (Å²) in [5.74, 6) is 0.618. The summed E-state index contributed by atoms with van der Waals surface area (Å²) in [6.07, 6.45) is 3.38. The Morgan fingerprint density at radius 1 is 0.967 bits per heavy atom. The number of rotatable bonds is 6. The third-order valence-electron chi connectivity index (χ3n) is 4.08. The van der Waals surface area contributed by atoms with Gasteiger partial charge in [0.2, 0.25) is 5.91 Å². The van der Waals surface area contributed by atoms with Crippen LogP contribution in [0.5, 0.6) is 0 Å². The molecule has 4 rings (SSSR count). The van der Waals surface area contributed by atoms with Crippen molar-refractivity contribution in [3.05, 3.63) is 83.1 Å². The molecule has 150 valence electrons. The van der Waals surface area contributed by atoms with Crippen LogP contribution >= 0.6 is 35.0 Å². The van der Waals surface area contributed by atoms with Gasteiger partial charge in [0.1, 0.15) is 0 Å². The van der Waals surface area contributed by atoms with Gasteiger partial charge in [-0.1, -0.05) is 47.1 Å². The smallest absolute Gasteiger partial charge is 0.234 e. The van der Waals surface area contributed by atoms with E-state index in [4.69, 9.17) is 23.2 Å². The number of carbonyl (C=O) groups is 1. The van der Waals surface area contributed by atoms with Crippen LogP contribution in [0.4, 0.5) is 5.69 Å². The summed E-state index contributed by atoms with van der Waals surface area (Å²) < 4.78 is 1.87. The van der Waals surface area contributed by atoms with Crippen LogP contribution in [0.2, 0.25) is 10.0 Å². The summed E-state index contributed by atoms with van der Waals surface area (Å²) in [5.41, 5.74) is 2.30. The number of carbonyl (C=O) groups excluding carboxylic acids is 1. The first-order chi connectivity index (χ1) is 14.6. The van der Waals surface area contributed by atoms with Crippen LogP contribution in [0.1, 0.15) is 0 Å². The van der Waals surface area contributed by atoms with Crippen molar-refractivity contribution in [1.82, 2.24) is 19.7 Å². The first-order valence-corrected chi connectivity index (χ1v) is 10.6. The molecular formula is C21H15Cl2N5OS. The summed E-state index contributed by atoms with van der Waals surface area (Å²) in [6, 6.07) is 18.1. The highest BCUT2D eigenvalue weighted by Crippen LogP contribution is 2.29. The molecule has 2 heterocycles. The molecule has 0 spiro atoms. The zero-order valence-electron chi connectivity index (χ0n) is 15.5. The molecule has 0 aliphatic carbocycles. The van der Waals surface area contributed by atoms with Crippen molar-refractivity contribution in [1.29, 1.82) is 0 Å². The molecule has 1 amide bonds. The molecule has 0 aliphatic rings. The normalized spacial score (nSPS) is 10.7. The SMILES string of the molecule is O=C(CSc1nnc(-c2ccncc2)n1-c1cccc(Cl)c1)Nc1cccc(Cl)c1. The van der Waals surface area contributed by atoms with Crippen LogP contribution in [0.3, 0.4) is 0 Å². The van der Waals surface area contributed by atoms with Gasteiger partial charge in [-0.05, 0) is 48.5 Å². The first-order valence-electron chi connectivity index (χ1n) is 8.90. The number of hydrogen-bond donors (Lipinski definition) is 1. The van der Waals surface area contributed by atoms with Crippen molar-refractivity contribution in [3.63, 3.8) is 0 Å². The van der Waals surface area contributed by atoms with Crippen molar-refractivity contribution in [3.8, 4) is 17.1 Å². The molecule has 30 heavy (non-hydrogen) atoms. The molecule has 0 saturated heterocycles. The van der Waals surface area contributed by atoms with Crippen molar-refractivity contribution in [2.45, 2.75) is 5.16 Å². The second-order valence-electron chi connectivity index (χ2n) is 6.20. The molecule has 0 radical (unpaired) electrons. The largest absolute Gasteiger partial charge is 0.325 e. The highest BCUT2D eigenvalue weighted by molar-refractivity contribution is 7.99. The fourth-order valence-corrected chi connectivity index (χ4v) is 3.92. The lowest BCUT2D eigenvalue weighted by molar-refractivity contribution is -0.113. The average Bonchev–Trinajstić information content (AvgIpc) is 3.17. The zero-order chi connectivity index (χ0) is 20.9. The maximum absolute atomic E-state index is 12.4. The molecule has 9 heteroatoms. The molecule has 0 aliphatic heterocycles. The van der Waals surface area contributed by atoms with E-state index in [1.807, 2.05) is 34.9 Å². The van der Waals surface area contributed by atoms with E-state index in [-0.39, 0.29) is 11.7 Å². The van der Waals surface area contributed by atoms with E-state index in [0.717, 1.165) is 11.3 Å². The van der Waals surface area contributed by atoms with E-state index in [9.17, 15) is 4.79 Å². The number of nitrogens with one attached hydrogen (secondary N) is 1. The molecule has 0 saturated carbocycles. The van der Waals surface area contributed by atoms with Crippen LogP contribution in [0, 0.1) is 0 Å². The lowest BCUT2D eigenvalue weighted by Crippen LogP contribution is -2.14. The monoisotopic (exact) mass is 455 g/mol. The molecular weight excluding hydrogens is 441 g/mol. The van der Waals surface area contributed by atoms with Gasteiger partial charge in [-0.2, -0.15) is 0 Å². The molecule has 6 nitrogen and oxygen atoms in total. The Bertz CT molecular complexity index is 1180. The van der Waals surface area contributed by atoms with Gasteiger partial charge in [0.05, 0.1) is 11.4 Å². The van der Waals surface area contributed by atoms with Crippen LogP contribution in [0.25, 0.3) is 17.1 Å². The summed E-state index contributed by atoms with van der Waals surface area (Å²) in [6.45, 7) is 0. The number of halogens is 2. The number of pyridine rings is 1. The maximum Gasteiger partial charge on any atom is 0.234 e. The summed E-state index contributed by atoms with van der Waals surface area (Å²) in [5, 5.41) is 13.2. The Balaban J connectivity index is 1.60. The third kappa shape index (κ3) is 4.81. The Kier molecular flexibility index (Phi) is 6.32. The fourth-order valence-electron chi connectivity index (χ4n) is 2.79. The average molecular weight is 456 g/mol. The molecule has 2 aromatic carbocycles. The van der Waals surface area contributed by atoms with Gasteiger partial charge >= 0.3 is 0 Å². The minimum atomic E-state index is -0.173. The van der Waals surface area contributed by atoms with E-state index >= 15 is 0 Å². The van der Waals surface area contributed by atoms with Crippen molar-refractivity contribution in [2.24, 2.45) is 0 Å². The molecule has 0 atom stereocenters. The second kappa shape index (κ2) is 9.30. The molecule has 0 unspecified atom stereocenters. The van der Waals surface area contributed by atoms with E-state index in [2.05, 4.69) is 20.5 Å². The quantitative estimate of drug-likeness (QED) is 0.395. The first kappa shape index (κ1) is 20.4. The van der Waals surface area contributed by atoms with Gasteiger partial charge in [0, 0.05) is 33.7 Å². The van der Waals surface area contributed by atoms with Gasteiger partial charge in [0.15, 0.2) is 11.0 Å². The summed E-state index contributed by atoms with van der Waals surface area (Å²) >= 11 is 13.4. The van der Waals surface area contributed by atoms with Crippen LogP contribution in [0.15, 0.2) is 78.2 Å². The Hall–Kier alpha value is -2.87. The molecule has 2 aromatic heterocycles. The van der Waals surface area contributed by atoms with Crippen molar-refractivity contribution < 1.29 is 4.79 Å². The van der Waals surface area contributed by atoms with Crippen molar-refractivity contribution in [2.75, 3.05) is 11.1 Å². The molecule has 1 N–H and O–H groups in total. The third-order valence-corrected chi connectivity index (χ3v) is 5.48. The standard InChI is InChI=1S/C21H15Cl2N5OS/c22-15-3-1-5-17(11-15)25-19(29)13-30-21-27-26-20(14-7-9-24-10-8-14)28(21)18-6-2-4-16(23)12-18/h1-12H,13H2,(H,25,29). The van der Waals surface area contributed by atoms with Gasteiger partial charge in [-0.3, -0.25) is 14.3 Å². The Morgan fingerprint density at radius 3 is 2.43 bits per heavy atom. The van der Waals surface area contributed by atoms with E-state index < -0.39 is 0 Å². The van der Waals surface area contributed by atoms with E-state index in [1.54, 1.807) is 42.7 Å². The van der Waals surface area contributed by atoms with Crippen LogP contribution in [-0.2, 0) is 4.79 Å². The van der Waals surface area contributed by atoms with Gasteiger partial charge in [0.25, 0.3) is 0 Å². The number of anilines is 1. The molecule has 0 bridgehead atoms. The van der Waals surface area contributed by atoms with E-state index in [0.29, 0.717) is 26.7 Å². The maximum atomic E-state index is 12.4. The molecule has 0 fully saturated rings. The fraction of sp³-hybridized carbons (Fsp3) is 0.0476. The van der Waals surface area contributed by atoms with Crippen LogP contribution in [-0.4, -0.2) is 31.4 Å². The topological polar surface area (TPSA) is 72.7 Å². The number of amides is 1.